The van der Waals surface area contributed by atoms with Crippen molar-refractivity contribution in [3.05, 3.63) is 46.4 Å². The van der Waals surface area contributed by atoms with Gasteiger partial charge in [-0.25, -0.2) is 0 Å². The lowest BCUT2D eigenvalue weighted by molar-refractivity contribution is 0.0383. The summed E-state index contributed by atoms with van der Waals surface area (Å²) in [4.78, 5) is 29.0. The van der Waals surface area contributed by atoms with Crippen molar-refractivity contribution in [2.24, 2.45) is 0 Å². The van der Waals surface area contributed by atoms with Gasteiger partial charge in [0.15, 0.2) is 0 Å². The molecule has 2 aromatic rings. The van der Waals surface area contributed by atoms with E-state index >= 15 is 0 Å². The van der Waals surface area contributed by atoms with E-state index in [1.165, 1.54) is 12.3 Å². The Kier molecular flexibility index (Phi) is 4.89. The van der Waals surface area contributed by atoms with Gasteiger partial charge in [0.05, 0.1) is 25.2 Å². The fourth-order valence-electron chi connectivity index (χ4n) is 2.48. The van der Waals surface area contributed by atoms with E-state index in [1.807, 2.05) is 0 Å². The molecule has 23 heavy (non-hydrogen) atoms. The van der Waals surface area contributed by atoms with E-state index in [1.54, 1.807) is 18.2 Å². The van der Waals surface area contributed by atoms with Crippen molar-refractivity contribution in [3.63, 3.8) is 0 Å². The van der Waals surface area contributed by atoms with Crippen molar-refractivity contribution < 1.29 is 13.9 Å². The van der Waals surface area contributed by atoms with Crippen molar-refractivity contribution in [2.45, 2.75) is 0 Å². The number of pyridine rings is 1. The van der Waals surface area contributed by atoms with Crippen LogP contribution in [0.4, 0.5) is 0 Å². The molecule has 0 aliphatic carbocycles. The van der Waals surface area contributed by atoms with Gasteiger partial charge in [0, 0.05) is 26.2 Å². The van der Waals surface area contributed by atoms with Gasteiger partial charge in [0.1, 0.15) is 11.3 Å². The molecule has 1 amide bonds. The van der Waals surface area contributed by atoms with Crippen LogP contribution in [-0.4, -0.2) is 55.2 Å². The molecule has 0 unspecified atom stereocenters. The number of nitrogens with zero attached hydrogens (tertiary/aromatic N) is 1. The zero-order chi connectivity index (χ0) is 16.1. The van der Waals surface area contributed by atoms with Crippen LogP contribution in [0.15, 0.2) is 39.7 Å². The lowest BCUT2D eigenvalue weighted by atomic mass is 10.2. The van der Waals surface area contributed by atoms with Gasteiger partial charge in [-0.05, 0) is 24.3 Å². The quantitative estimate of drug-likeness (QED) is 0.847. The van der Waals surface area contributed by atoms with Crippen molar-refractivity contribution in [2.75, 3.05) is 39.4 Å². The maximum atomic E-state index is 12.1. The molecule has 122 valence electrons. The van der Waals surface area contributed by atoms with Crippen LogP contribution in [0.1, 0.15) is 10.4 Å². The van der Waals surface area contributed by atoms with Crippen molar-refractivity contribution in [1.82, 2.24) is 15.2 Å². The molecule has 0 spiro atoms. The summed E-state index contributed by atoms with van der Waals surface area (Å²) in [6.45, 7) is 4.43. The Bertz CT molecular complexity index is 702. The number of morpholine rings is 1. The summed E-state index contributed by atoms with van der Waals surface area (Å²) in [5, 5.41) is 2.78. The fourth-order valence-corrected chi connectivity index (χ4v) is 2.48. The Balaban J connectivity index is 1.58. The SMILES string of the molecule is O=C(NCCN1CCOCC1)c1ccc(-c2ccco2)[nH]c1=O. The maximum absolute atomic E-state index is 12.1. The van der Waals surface area contributed by atoms with Gasteiger partial charge >= 0.3 is 0 Å². The molecule has 7 heteroatoms. The molecule has 3 heterocycles. The molecule has 0 saturated carbocycles. The second-order valence-electron chi connectivity index (χ2n) is 5.30. The van der Waals surface area contributed by atoms with E-state index in [-0.39, 0.29) is 11.5 Å². The van der Waals surface area contributed by atoms with Crippen LogP contribution in [-0.2, 0) is 4.74 Å². The van der Waals surface area contributed by atoms with Gasteiger partial charge in [-0.15, -0.1) is 0 Å². The van der Waals surface area contributed by atoms with Crippen LogP contribution >= 0.6 is 0 Å². The molecule has 7 nitrogen and oxygen atoms in total. The summed E-state index contributed by atoms with van der Waals surface area (Å²) in [7, 11) is 0. The molecule has 2 N–H and O–H groups in total. The van der Waals surface area contributed by atoms with Crippen LogP contribution in [0, 0.1) is 0 Å². The number of furan rings is 1. The minimum atomic E-state index is -0.428. The standard InChI is InChI=1S/C16H19N3O4/c20-15(17-5-6-19-7-10-22-11-8-19)12-3-4-13(18-16(12)21)14-2-1-9-23-14/h1-4,9H,5-8,10-11H2,(H,17,20)(H,18,21). The first-order valence-electron chi connectivity index (χ1n) is 7.59. The average molecular weight is 317 g/mol. The summed E-state index contributed by atoms with van der Waals surface area (Å²) in [5.74, 6) is 0.187. The van der Waals surface area contributed by atoms with Crippen LogP contribution in [0.5, 0.6) is 0 Å². The van der Waals surface area contributed by atoms with E-state index in [0.717, 1.165) is 32.8 Å². The number of aromatic amines is 1. The van der Waals surface area contributed by atoms with E-state index in [0.29, 0.717) is 18.0 Å². The Morgan fingerprint density at radius 3 is 2.78 bits per heavy atom. The number of hydrogen-bond donors (Lipinski definition) is 2. The van der Waals surface area contributed by atoms with E-state index in [4.69, 9.17) is 9.15 Å². The third-order valence-corrected chi connectivity index (χ3v) is 3.76. The molecule has 2 aromatic heterocycles. The predicted molar refractivity (Wildman–Crippen MR) is 84.4 cm³/mol. The van der Waals surface area contributed by atoms with Crippen LogP contribution < -0.4 is 10.9 Å². The Hall–Kier alpha value is -2.38. The lowest BCUT2D eigenvalue weighted by Gasteiger charge is -2.26. The predicted octanol–water partition coefficient (Wildman–Crippen LogP) is 0.697. The topological polar surface area (TPSA) is 87.6 Å². The van der Waals surface area contributed by atoms with Gasteiger partial charge in [-0.1, -0.05) is 0 Å². The van der Waals surface area contributed by atoms with Gasteiger partial charge in [-0.3, -0.25) is 14.5 Å². The Morgan fingerprint density at radius 1 is 1.26 bits per heavy atom. The van der Waals surface area contributed by atoms with Crippen molar-refractivity contribution in [1.29, 1.82) is 0 Å². The third-order valence-electron chi connectivity index (χ3n) is 3.76. The zero-order valence-corrected chi connectivity index (χ0v) is 12.7. The minimum absolute atomic E-state index is 0.0993. The van der Waals surface area contributed by atoms with Gasteiger partial charge in [-0.2, -0.15) is 0 Å². The largest absolute Gasteiger partial charge is 0.463 e. The van der Waals surface area contributed by atoms with Crippen molar-refractivity contribution in [3.8, 4) is 11.5 Å². The summed E-state index contributed by atoms with van der Waals surface area (Å²) >= 11 is 0. The highest BCUT2D eigenvalue weighted by atomic mass is 16.5. The van der Waals surface area contributed by atoms with E-state index in [2.05, 4.69) is 15.2 Å². The number of amides is 1. The number of rotatable bonds is 5. The number of carbonyl (C=O) groups is 1. The molecular formula is C16H19N3O4. The number of ether oxygens (including phenoxy) is 1. The van der Waals surface area contributed by atoms with E-state index in [9.17, 15) is 9.59 Å². The second kappa shape index (κ2) is 7.26. The van der Waals surface area contributed by atoms with Crippen LogP contribution in [0.3, 0.4) is 0 Å². The second-order valence-corrected chi connectivity index (χ2v) is 5.30. The Morgan fingerprint density at radius 2 is 2.09 bits per heavy atom. The van der Waals surface area contributed by atoms with Crippen LogP contribution in [0.25, 0.3) is 11.5 Å². The van der Waals surface area contributed by atoms with E-state index < -0.39 is 5.56 Å². The highest BCUT2D eigenvalue weighted by Crippen LogP contribution is 2.15. The maximum Gasteiger partial charge on any atom is 0.261 e. The molecule has 1 aliphatic rings. The number of nitrogens with one attached hydrogen (secondary N) is 2. The van der Waals surface area contributed by atoms with Crippen LogP contribution in [0.2, 0.25) is 0 Å². The molecule has 3 rings (SSSR count). The fraction of sp³-hybridized carbons (Fsp3) is 0.375. The van der Waals surface area contributed by atoms with Gasteiger partial charge in [0.2, 0.25) is 0 Å². The van der Waals surface area contributed by atoms with Crippen molar-refractivity contribution >= 4 is 5.91 Å². The average Bonchev–Trinajstić information content (AvgIpc) is 3.10. The van der Waals surface area contributed by atoms with Gasteiger partial charge < -0.3 is 19.5 Å². The Labute approximate surface area is 133 Å². The number of aromatic nitrogens is 1. The molecular weight excluding hydrogens is 298 g/mol. The van der Waals surface area contributed by atoms with Gasteiger partial charge in [0.25, 0.3) is 11.5 Å². The molecule has 0 atom stereocenters. The summed E-state index contributed by atoms with van der Waals surface area (Å²) in [6.07, 6.45) is 1.53. The number of carbonyl (C=O) groups excluding carboxylic acids is 1. The molecule has 0 radical (unpaired) electrons. The highest BCUT2D eigenvalue weighted by Gasteiger charge is 2.13. The highest BCUT2D eigenvalue weighted by molar-refractivity contribution is 5.94. The molecule has 1 saturated heterocycles. The molecule has 0 aromatic carbocycles. The zero-order valence-electron chi connectivity index (χ0n) is 12.7. The minimum Gasteiger partial charge on any atom is -0.463 e. The molecule has 1 fully saturated rings. The summed E-state index contributed by atoms with van der Waals surface area (Å²) < 4.78 is 10.5. The molecule has 1 aliphatic heterocycles. The smallest absolute Gasteiger partial charge is 0.261 e. The first-order valence-corrected chi connectivity index (χ1v) is 7.59. The first kappa shape index (κ1) is 15.5. The normalized spacial score (nSPS) is 15.5. The molecule has 0 bridgehead atoms. The summed E-state index contributed by atoms with van der Waals surface area (Å²) in [5.41, 5.74) is 0.218. The third kappa shape index (κ3) is 3.88. The number of H-pyrrole nitrogens is 1. The summed E-state index contributed by atoms with van der Waals surface area (Å²) in [6, 6.07) is 6.66. The lowest BCUT2D eigenvalue weighted by Crippen LogP contribution is -2.42. The number of hydrogen-bond acceptors (Lipinski definition) is 5. The monoisotopic (exact) mass is 317 g/mol. The first-order chi connectivity index (χ1) is 11.2.